The molecule has 0 aromatic heterocycles. The summed E-state index contributed by atoms with van der Waals surface area (Å²) >= 11 is 0. The first-order valence-corrected chi connectivity index (χ1v) is 14.1. The molecule has 2 saturated carbocycles. The van der Waals surface area contributed by atoms with Gasteiger partial charge < -0.3 is 24.4 Å². The second-order valence-electron chi connectivity index (χ2n) is 14.1. The van der Waals surface area contributed by atoms with Crippen LogP contribution in [-0.2, 0) is 19.1 Å². The molecule has 2 aliphatic carbocycles. The highest BCUT2D eigenvalue weighted by molar-refractivity contribution is 5.79. The van der Waals surface area contributed by atoms with Gasteiger partial charge in [-0.15, -0.1) is 0 Å². The normalized spacial score (nSPS) is 23.0. The highest BCUT2D eigenvalue weighted by Crippen LogP contribution is 2.53. The molecule has 0 unspecified atom stereocenters. The summed E-state index contributed by atoms with van der Waals surface area (Å²) in [5, 5.41) is 8.93. The first-order valence-electron chi connectivity index (χ1n) is 14.1. The van der Waals surface area contributed by atoms with Crippen LogP contribution in [0.1, 0.15) is 99.8 Å². The Morgan fingerprint density at radius 1 is 0.658 bits per heavy atom. The van der Waals surface area contributed by atoms with Crippen molar-refractivity contribution in [3.63, 3.8) is 0 Å². The number of Topliss-reactive ketones (excluding diaryl/α,β-unsaturated/α-hetero) is 1. The van der Waals surface area contributed by atoms with E-state index >= 15 is 0 Å². The van der Waals surface area contributed by atoms with Gasteiger partial charge in [0, 0.05) is 32.1 Å². The molecule has 0 atom stereocenters. The van der Waals surface area contributed by atoms with Crippen LogP contribution >= 0.6 is 0 Å². The summed E-state index contributed by atoms with van der Waals surface area (Å²) in [6, 6.07) is 0. The van der Waals surface area contributed by atoms with Crippen LogP contribution in [0.15, 0.2) is 0 Å². The monoisotopic (exact) mass is 536 g/mol. The fourth-order valence-corrected chi connectivity index (χ4v) is 6.23. The number of ketones is 1. The average molecular weight is 537 g/mol. The summed E-state index contributed by atoms with van der Waals surface area (Å²) in [4.78, 5) is 49.6. The molecule has 216 valence electrons. The quantitative estimate of drug-likeness (QED) is 0.496. The maximum atomic E-state index is 12.0. The molecular weight excluding hydrogens is 488 g/mol. The average Bonchev–Trinajstić information content (AvgIpc) is 2.73. The lowest BCUT2D eigenvalue weighted by atomic mass is 9.57. The topological polar surface area (TPSA) is 113 Å². The molecule has 2 aliphatic heterocycles. The van der Waals surface area contributed by atoms with Crippen molar-refractivity contribution in [2.75, 3.05) is 26.2 Å². The van der Waals surface area contributed by atoms with E-state index in [1.807, 2.05) is 41.5 Å². The number of carbonyl (C=O) groups excluding carboxylic acids is 3. The van der Waals surface area contributed by atoms with Gasteiger partial charge in [-0.1, -0.05) is 0 Å². The number of likely N-dealkylation sites (tertiary alicyclic amines) is 2. The van der Waals surface area contributed by atoms with Gasteiger partial charge in [-0.2, -0.15) is 0 Å². The first kappa shape index (κ1) is 30.2. The molecule has 2 heterocycles. The van der Waals surface area contributed by atoms with E-state index in [0.717, 1.165) is 64.5 Å². The summed E-state index contributed by atoms with van der Waals surface area (Å²) < 4.78 is 10.7. The number of carbonyl (C=O) groups is 4. The van der Waals surface area contributed by atoms with Crippen molar-refractivity contribution in [3.05, 3.63) is 0 Å². The van der Waals surface area contributed by atoms with E-state index in [1.165, 1.54) is 0 Å². The molecule has 2 saturated heterocycles. The molecule has 0 aromatic carbocycles. The van der Waals surface area contributed by atoms with Crippen LogP contribution in [0.2, 0.25) is 0 Å². The molecule has 0 radical (unpaired) electrons. The van der Waals surface area contributed by atoms with Crippen LogP contribution in [0.5, 0.6) is 0 Å². The molecule has 0 bridgehead atoms. The maximum Gasteiger partial charge on any atom is 0.410 e. The smallest absolute Gasteiger partial charge is 0.410 e. The van der Waals surface area contributed by atoms with Crippen molar-refractivity contribution in [1.82, 2.24) is 9.80 Å². The Balaban J connectivity index is 0.000000211. The van der Waals surface area contributed by atoms with Gasteiger partial charge in [0.2, 0.25) is 0 Å². The Kier molecular flexibility index (Phi) is 8.79. The highest BCUT2D eigenvalue weighted by atomic mass is 16.6. The molecule has 0 aromatic rings. The number of nitrogens with zero attached hydrogens (tertiary/aromatic N) is 2. The Labute approximate surface area is 227 Å². The minimum absolute atomic E-state index is 0.168. The van der Waals surface area contributed by atoms with Crippen molar-refractivity contribution < 1.29 is 33.8 Å². The summed E-state index contributed by atoms with van der Waals surface area (Å²) in [5.41, 5.74) is -0.393. The van der Waals surface area contributed by atoms with E-state index in [2.05, 4.69) is 0 Å². The predicted octanol–water partition coefficient (Wildman–Crippen LogP) is 5.50. The lowest BCUT2D eigenvalue weighted by Crippen LogP contribution is -2.51. The van der Waals surface area contributed by atoms with Gasteiger partial charge in [0.15, 0.2) is 0 Å². The molecular formula is C29H48N2O7. The van der Waals surface area contributed by atoms with Crippen molar-refractivity contribution in [1.29, 1.82) is 0 Å². The molecule has 2 amide bonds. The van der Waals surface area contributed by atoms with E-state index in [4.69, 9.17) is 14.6 Å². The summed E-state index contributed by atoms with van der Waals surface area (Å²) in [6.45, 7) is 15.8. The molecule has 4 aliphatic rings. The predicted molar refractivity (Wildman–Crippen MR) is 143 cm³/mol. The minimum Gasteiger partial charge on any atom is -0.481 e. The molecule has 9 nitrogen and oxygen atoms in total. The second-order valence-corrected chi connectivity index (χ2v) is 14.1. The number of aliphatic carboxylic acids is 1. The SMILES string of the molecule is CC(=O)C1CC2(CCN(C(=O)OC(C)(C)C)CC2)C1.CC(C)(C)OC(=O)N1CCC2(CC1)CC(C(=O)O)C2. The number of piperidine rings is 2. The zero-order valence-corrected chi connectivity index (χ0v) is 24.4. The molecule has 9 heteroatoms. The number of ether oxygens (including phenoxy) is 2. The third-order valence-electron chi connectivity index (χ3n) is 8.59. The third kappa shape index (κ3) is 7.85. The summed E-state index contributed by atoms with van der Waals surface area (Å²) in [7, 11) is 0. The fraction of sp³-hybridized carbons (Fsp3) is 0.862. The largest absolute Gasteiger partial charge is 0.481 e. The van der Waals surface area contributed by atoms with Crippen LogP contribution in [0.4, 0.5) is 9.59 Å². The van der Waals surface area contributed by atoms with Crippen molar-refractivity contribution in [2.45, 2.75) is 111 Å². The van der Waals surface area contributed by atoms with Crippen LogP contribution in [-0.4, -0.2) is 76.2 Å². The number of carboxylic acids is 1. The van der Waals surface area contributed by atoms with Crippen LogP contribution in [0.3, 0.4) is 0 Å². The summed E-state index contributed by atoms with van der Waals surface area (Å²) in [6.07, 6.45) is 6.93. The highest BCUT2D eigenvalue weighted by Gasteiger charge is 2.50. The van der Waals surface area contributed by atoms with Gasteiger partial charge >= 0.3 is 18.2 Å². The fourth-order valence-electron chi connectivity index (χ4n) is 6.23. The maximum absolute atomic E-state index is 12.0. The van der Waals surface area contributed by atoms with E-state index < -0.39 is 17.2 Å². The molecule has 1 N–H and O–H groups in total. The van der Waals surface area contributed by atoms with E-state index in [9.17, 15) is 19.2 Å². The Hall–Kier alpha value is -2.32. The number of rotatable bonds is 2. The Morgan fingerprint density at radius 2 is 0.974 bits per heavy atom. The zero-order valence-electron chi connectivity index (χ0n) is 24.4. The van der Waals surface area contributed by atoms with Gasteiger partial charge in [-0.05, 0) is 111 Å². The Morgan fingerprint density at radius 3 is 1.24 bits per heavy atom. The lowest BCUT2D eigenvalue weighted by molar-refractivity contribution is -0.152. The molecule has 38 heavy (non-hydrogen) atoms. The first-order chi connectivity index (χ1) is 17.4. The van der Waals surface area contributed by atoms with Crippen molar-refractivity contribution in [3.8, 4) is 0 Å². The van der Waals surface area contributed by atoms with Crippen LogP contribution in [0, 0.1) is 22.7 Å². The molecule has 4 rings (SSSR count). The number of hydrogen-bond donors (Lipinski definition) is 1. The van der Waals surface area contributed by atoms with Gasteiger partial charge in [0.25, 0.3) is 0 Å². The van der Waals surface area contributed by atoms with E-state index in [1.54, 1.807) is 16.7 Å². The van der Waals surface area contributed by atoms with Gasteiger partial charge in [0.05, 0.1) is 5.92 Å². The summed E-state index contributed by atoms with van der Waals surface area (Å²) in [5.74, 6) is -0.262. The third-order valence-corrected chi connectivity index (χ3v) is 8.59. The van der Waals surface area contributed by atoms with Gasteiger partial charge in [0.1, 0.15) is 17.0 Å². The number of amides is 2. The minimum atomic E-state index is -0.680. The van der Waals surface area contributed by atoms with Crippen molar-refractivity contribution in [2.24, 2.45) is 22.7 Å². The van der Waals surface area contributed by atoms with Crippen LogP contribution < -0.4 is 0 Å². The molecule has 4 fully saturated rings. The Bertz CT molecular complexity index is 811. The standard InChI is InChI=1S/C15H25NO3.C14H23NO4/c1-11(17)12-9-15(10-12)5-7-16(8-6-15)13(18)19-14(2,3)4;1-13(2,3)19-12(18)15-6-4-14(5-7-15)8-10(9-14)11(16)17/h12H,5-10H2,1-4H3;10H,4-9H2,1-3H3,(H,16,17). The molecule has 2 spiro atoms. The van der Waals surface area contributed by atoms with Crippen LogP contribution in [0.25, 0.3) is 0 Å². The van der Waals surface area contributed by atoms with E-state index in [-0.39, 0.29) is 29.4 Å². The number of carboxylic acid groups (broad SMARTS) is 1. The second kappa shape index (κ2) is 11.0. The van der Waals surface area contributed by atoms with Crippen molar-refractivity contribution >= 4 is 23.9 Å². The zero-order chi connectivity index (χ0) is 28.5. The number of hydrogen-bond acceptors (Lipinski definition) is 6. The lowest BCUT2D eigenvalue weighted by Gasteiger charge is -2.51. The van der Waals surface area contributed by atoms with Gasteiger partial charge in [-0.25, -0.2) is 9.59 Å². The van der Waals surface area contributed by atoms with E-state index in [0.29, 0.717) is 24.3 Å². The van der Waals surface area contributed by atoms with Gasteiger partial charge in [-0.3, -0.25) is 9.59 Å².